The number of aliphatic carboxylic acids is 1. The van der Waals surface area contributed by atoms with Crippen LogP contribution in [0.5, 0.6) is 11.5 Å². The van der Waals surface area contributed by atoms with Crippen molar-refractivity contribution >= 4 is 11.9 Å². The van der Waals surface area contributed by atoms with Crippen molar-refractivity contribution in [1.29, 1.82) is 0 Å². The van der Waals surface area contributed by atoms with Gasteiger partial charge in [-0.15, -0.1) is 0 Å². The van der Waals surface area contributed by atoms with E-state index in [1.807, 2.05) is 0 Å². The lowest BCUT2D eigenvalue weighted by Crippen LogP contribution is -2.38. The van der Waals surface area contributed by atoms with E-state index in [1.54, 1.807) is 0 Å². The molecule has 0 aliphatic heterocycles. The van der Waals surface area contributed by atoms with E-state index in [0.717, 1.165) is 0 Å². The fraction of sp³-hybridized carbons (Fsp3) is 0.385. The molecule has 0 aromatic heterocycles. The van der Waals surface area contributed by atoms with Crippen molar-refractivity contribution in [3.05, 3.63) is 23.8 Å². The number of phenols is 1. The van der Waals surface area contributed by atoms with E-state index < -0.39 is 17.3 Å². The summed E-state index contributed by atoms with van der Waals surface area (Å²) in [6, 6.07) is 4.25. The molecule has 0 saturated carbocycles. The predicted octanol–water partition coefficient (Wildman–Crippen LogP) is 1.24. The number of carboxylic acid groups (broad SMARTS) is 1. The van der Waals surface area contributed by atoms with Gasteiger partial charge in [-0.25, -0.2) is 0 Å². The monoisotopic (exact) mass is 267 g/mol. The first-order chi connectivity index (χ1) is 8.77. The van der Waals surface area contributed by atoms with Gasteiger partial charge in [0.1, 0.15) is 11.5 Å². The fourth-order valence-electron chi connectivity index (χ4n) is 1.30. The fourth-order valence-corrected chi connectivity index (χ4v) is 1.30. The number of ether oxygens (including phenoxy) is 1. The minimum atomic E-state index is -1.08. The van der Waals surface area contributed by atoms with Crippen molar-refractivity contribution < 1.29 is 24.5 Å². The van der Waals surface area contributed by atoms with Gasteiger partial charge in [0, 0.05) is 6.54 Å². The minimum Gasteiger partial charge on any atom is -0.507 e. The van der Waals surface area contributed by atoms with Crippen LogP contribution in [0.3, 0.4) is 0 Å². The van der Waals surface area contributed by atoms with Crippen LogP contribution in [-0.2, 0) is 4.79 Å². The van der Waals surface area contributed by atoms with E-state index in [0.29, 0.717) is 5.75 Å². The number of phenolic OH excluding ortho intramolecular Hbond substituents is 1. The van der Waals surface area contributed by atoms with Gasteiger partial charge in [-0.3, -0.25) is 9.59 Å². The van der Waals surface area contributed by atoms with E-state index in [-0.39, 0.29) is 17.9 Å². The zero-order chi connectivity index (χ0) is 14.6. The van der Waals surface area contributed by atoms with E-state index in [2.05, 4.69) is 5.32 Å². The molecule has 0 unspecified atom stereocenters. The second-order valence-electron chi connectivity index (χ2n) is 4.75. The Bertz CT molecular complexity index is 496. The van der Waals surface area contributed by atoms with Gasteiger partial charge in [0.15, 0.2) is 0 Å². The Balaban J connectivity index is 2.82. The van der Waals surface area contributed by atoms with Gasteiger partial charge >= 0.3 is 5.97 Å². The molecule has 1 rings (SSSR count). The molecule has 0 aliphatic rings. The van der Waals surface area contributed by atoms with Gasteiger partial charge in [-0.1, -0.05) is 0 Å². The first kappa shape index (κ1) is 14.8. The smallest absolute Gasteiger partial charge is 0.310 e. The molecule has 0 spiro atoms. The highest BCUT2D eigenvalue weighted by Gasteiger charge is 2.28. The number of aromatic hydroxyl groups is 1. The number of carbonyl (C=O) groups excluding carboxylic acids is 1. The Morgan fingerprint density at radius 2 is 2.00 bits per heavy atom. The molecule has 6 nitrogen and oxygen atoms in total. The average Bonchev–Trinajstić information content (AvgIpc) is 2.36. The van der Waals surface area contributed by atoms with Crippen molar-refractivity contribution in [2.45, 2.75) is 13.8 Å². The molecule has 0 radical (unpaired) electrons. The lowest BCUT2D eigenvalue weighted by Gasteiger charge is -2.19. The Hall–Kier alpha value is -2.24. The molecule has 0 bridgehead atoms. The number of methoxy groups -OCH3 is 1. The predicted molar refractivity (Wildman–Crippen MR) is 68.4 cm³/mol. The number of nitrogens with one attached hydrogen (secondary N) is 1. The zero-order valence-electron chi connectivity index (χ0n) is 11.1. The molecule has 1 aromatic rings. The van der Waals surface area contributed by atoms with E-state index in [4.69, 9.17) is 9.84 Å². The molecule has 19 heavy (non-hydrogen) atoms. The van der Waals surface area contributed by atoms with Crippen LogP contribution in [0.15, 0.2) is 18.2 Å². The molecule has 0 atom stereocenters. The van der Waals surface area contributed by atoms with Gasteiger partial charge < -0.3 is 20.3 Å². The minimum absolute atomic E-state index is 0.0422. The van der Waals surface area contributed by atoms with Crippen molar-refractivity contribution in [2.24, 2.45) is 5.41 Å². The Labute approximate surface area is 111 Å². The Kier molecular flexibility index (Phi) is 4.37. The van der Waals surface area contributed by atoms with E-state index in [1.165, 1.54) is 39.2 Å². The van der Waals surface area contributed by atoms with Crippen LogP contribution in [-0.4, -0.2) is 35.7 Å². The number of benzene rings is 1. The third kappa shape index (κ3) is 3.61. The second-order valence-corrected chi connectivity index (χ2v) is 4.75. The molecule has 3 N–H and O–H groups in total. The van der Waals surface area contributed by atoms with Crippen LogP contribution >= 0.6 is 0 Å². The quantitative estimate of drug-likeness (QED) is 0.746. The summed E-state index contributed by atoms with van der Waals surface area (Å²) < 4.78 is 4.96. The summed E-state index contributed by atoms with van der Waals surface area (Å²) in [4.78, 5) is 22.8. The van der Waals surface area contributed by atoms with Crippen LogP contribution in [0.1, 0.15) is 24.2 Å². The Morgan fingerprint density at radius 1 is 1.37 bits per heavy atom. The van der Waals surface area contributed by atoms with Crippen LogP contribution in [0.2, 0.25) is 0 Å². The summed E-state index contributed by atoms with van der Waals surface area (Å²) in [6.45, 7) is 2.96. The summed E-state index contributed by atoms with van der Waals surface area (Å²) >= 11 is 0. The zero-order valence-corrected chi connectivity index (χ0v) is 11.1. The standard InChI is InChI=1S/C13H17NO5/c1-13(2,12(17)18)7-14-11(16)9-6-8(19-3)4-5-10(9)15/h4-6,15H,7H2,1-3H3,(H,14,16)(H,17,18). The lowest BCUT2D eigenvalue weighted by molar-refractivity contribution is -0.146. The summed E-state index contributed by atoms with van der Waals surface area (Å²) in [5.74, 6) is -1.32. The molecular weight excluding hydrogens is 250 g/mol. The van der Waals surface area contributed by atoms with Crippen molar-refractivity contribution in [3.63, 3.8) is 0 Å². The van der Waals surface area contributed by atoms with Crippen molar-refractivity contribution in [2.75, 3.05) is 13.7 Å². The summed E-state index contributed by atoms with van der Waals surface area (Å²) in [6.07, 6.45) is 0. The van der Waals surface area contributed by atoms with Crippen molar-refractivity contribution in [3.8, 4) is 11.5 Å². The highest BCUT2D eigenvalue weighted by atomic mass is 16.5. The highest BCUT2D eigenvalue weighted by Crippen LogP contribution is 2.23. The van der Waals surface area contributed by atoms with Crippen molar-refractivity contribution in [1.82, 2.24) is 5.32 Å². The van der Waals surface area contributed by atoms with Gasteiger partial charge in [0.2, 0.25) is 0 Å². The Morgan fingerprint density at radius 3 is 2.53 bits per heavy atom. The molecule has 6 heteroatoms. The number of carbonyl (C=O) groups is 2. The highest BCUT2D eigenvalue weighted by molar-refractivity contribution is 5.97. The van der Waals surface area contributed by atoms with Crippen LogP contribution in [0.4, 0.5) is 0 Å². The number of rotatable bonds is 5. The molecule has 0 heterocycles. The SMILES string of the molecule is COc1ccc(O)c(C(=O)NCC(C)(C)C(=O)O)c1. The maximum Gasteiger partial charge on any atom is 0.310 e. The summed E-state index contributed by atoms with van der Waals surface area (Å²) in [7, 11) is 1.45. The number of carboxylic acids is 1. The molecule has 104 valence electrons. The lowest BCUT2D eigenvalue weighted by atomic mass is 9.94. The first-order valence-electron chi connectivity index (χ1n) is 5.66. The molecular formula is C13H17NO5. The van der Waals surface area contributed by atoms with Crippen LogP contribution in [0, 0.1) is 5.41 Å². The van der Waals surface area contributed by atoms with E-state index >= 15 is 0 Å². The third-order valence-corrected chi connectivity index (χ3v) is 2.72. The van der Waals surface area contributed by atoms with Gasteiger partial charge in [-0.05, 0) is 32.0 Å². The molecule has 1 aromatic carbocycles. The number of hydrogen-bond acceptors (Lipinski definition) is 4. The summed E-state index contributed by atoms with van der Waals surface area (Å²) in [5, 5.41) is 21.0. The molecule has 0 saturated heterocycles. The largest absolute Gasteiger partial charge is 0.507 e. The second kappa shape index (κ2) is 5.60. The number of amides is 1. The maximum absolute atomic E-state index is 11.9. The maximum atomic E-state index is 11.9. The van der Waals surface area contributed by atoms with Gasteiger partial charge in [0.25, 0.3) is 5.91 Å². The molecule has 0 aliphatic carbocycles. The van der Waals surface area contributed by atoms with Gasteiger partial charge in [0.05, 0.1) is 18.1 Å². The molecule has 0 fully saturated rings. The van der Waals surface area contributed by atoms with Crippen LogP contribution in [0.25, 0.3) is 0 Å². The van der Waals surface area contributed by atoms with E-state index in [9.17, 15) is 14.7 Å². The molecule has 1 amide bonds. The number of hydrogen-bond donors (Lipinski definition) is 3. The first-order valence-corrected chi connectivity index (χ1v) is 5.66. The van der Waals surface area contributed by atoms with Gasteiger partial charge in [-0.2, -0.15) is 0 Å². The summed E-state index contributed by atoms with van der Waals surface area (Å²) in [5.41, 5.74) is -1.04. The third-order valence-electron chi connectivity index (χ3n) is 2.72. The topological polar surface area (TPSA) is 95.9 Å². The normalized spacial score (nSPS) is 10.9. The average molecular weight is 267 g/mol. The van der Waals surface area contributed by atoms with Crippen LogP contribution < -0.4 is 10.1 Å².